The molecule has 0 bridgehead atoms. The van der Waals surface area contributed by atoms with Crippen LogP contribution in [-0.2, 0) is 4.79 Å². The van der Waals surface area contributed by atoms with Gasteiger partial charge in [0.1, 0.15) is 0 Å². The number of rotatable bonds is 5. The Labute approximate surface area is 104 Å². The first-order chi connectivity index (χ1) is 8.08. The van der Waals surface area contributed by atoms with Crippen molar-refractivity contribution in [2.24, 2.45) is 0 Å². The van der Waals surface area contributed by atoms with E-state index in [4.69, 9.17) is 16.7 Å². The summed E-state index contributed by atoms with van der Waals surface area (Å²) in [6.45, 7) is 0.318. The molecule has 0 saturated heterocycles. The zero-order valence-electron chi connectivity index (χ0n) is 9.07. The van der Waals surface area contributed by atoms with Gasteiger partial charge >= 0.3 is 12.0 Å². The Morgan fingerprint density at radius 1 is 1.35 bits per heavy atom. The van der Waals surface area contributed by atoms with E-state index < -0.39 is 5.97 Å². The highest BCUT2D eigenvalue weighted by Gasteiger charge is 2.02. The molecule has 0 spiro atoms. The van der Waals surface area contributed by atoms with E-state index in [1.54, 1.807) is 24.3 Å². The number of carboxylic acid groups (broad SMARTS) is 1. The Hall–Kier alpha value is -1.75. The number of aliphatic carboxylic acids is 1. The number of benzene rings is 1. The molecule has 0 saturated carbocycles. The molecule has 1 aromatic rings. The largest absolute Gasteiger partial charge is 0.481 e. The summed E-state index contributed by atoms with van der Waals surface area (Å²) in [5.41, 5.74) is 0.591. The molecular formula is C11H13ClN2O3. The Bertz CT molecular complexity index is 409. The van der Waals surface area contributed by atoms with E-state index in [0.29, 0.717) is 23.7 Å². The van der Waals surface area contributed by atoms with Gasteiger partial charge in [-0.15, -0.1) is 0 Å². The lowest BCUT2D eigenvalue weighted by molar-refractivity contribution is -0.137. The van der Waals surface area contributed by atoms with Crippen LogP contribution in [0.2, 0.25) is 5.02 Å². The van der Waals surface area contributed by atoms with Crippen LogP contribution in [0.25, 0.3) is 0 Å². The van der Waals surface area contributed by atoms with Gasteiger partial charge in [-0.25, -0.2) is 4.79 Å². The summed E-state index contributed by atoms with van der Waals surface area (Å²) in [6.07, 6.45) is 0.440. The van der Waals surface area contributed by atoms with Crippen LogP contribution in [0.1, 0.15) is 12.8 Å². The minimum absolute atomic E-state index is 0.0391. The fourth-order valence-corrected chi connectivity index (χ4v) is 1.37. The van der Waals surface area contributed by atoms with Crippen LogP contribution in [0.15, 0.2) is 24.3 Å². The van der Waals surface area contributed by atoms with Gasteiger partial charge in [-0.3, -0.25) is 4.79 Å². The summed E-state index contributed by atoms with van der Waals surface area (Å²) in [7, 11) is 0. The van der Waals surface area contributed by atoms with Crippen LogP contribution < -0.4 is 10.6 Å². The maximum atomic E-state index is 11.4. The van der Waals surface area contributed by atoms with E-state index >= 15 is 0 Å². The number of carbonyl (C=O) groups excluding carboxylic acids is 1. The highest BCUT2D eigenvalue weighted by Crippen LogP contribution is 2.14. The third-order valence-corrected chi connectivity index (χ3v) is 2.17. The van der Waals surface area contributed by atoms with Crippen LogP contribution in [0, 0.1) is 0 Å². The number of halogens is 1. The van der Waals surface area contributed by atoms with Crippen molar-refractivity contribution in [1.82, 2.24) is 5.32 Å². The monoisotopic (exact) mass is 256 g/mol. The fraction of sp³-hybridized carbons (Fsp3) is 0.273. The molecule has 1 rings (SSSR count). The van der Waals surface area contributed by atoms with Crippen molar-refractivity contribution in [3.8, 4) is 0 Å². The minimum Gasteiger partial charge on any atom is -0.481 e. The molecule has 0 radical (unpaired) electrons. The van der Waals surface area contributed by atoms with Crippen LogP contribution in [0.3, 0.4) is 0 Å². The van der Waals surface area contributed by atoms with E-state index in [9.17, 15) is 9.59 Å². The van der Waals surface area contributed by atoms with Gasteiger partial charge in [-0.05, 0) is 24.6 Å². The molecule has 6 heteroatoms. The van der Waals surface area contributed by atoms with Crippen molar-refractivity contribution in [2.45, 2.75) is 12.8 Å². The standard InChI is InChI=1S/C11H13ClN2O3/c12-8-3-1-4-9(7-8)14-11(17)13-6-2-5-10(15)16/h1,3-4,7H,2,5-6H2,(H,15,16)(H2,13,14,17). The molecule has 0 aliphatic carbocycles. The minimum atomic E-state index is -0.873. The summed E-state index contributed by atoms with van der Waals surface area (Å²) in [5.74, 6) is -0.873. The molecule has 1 aromatic carbocycles. The van der Waals surface area contributed by atoms with E-state index in [1.807, 2.05) is 0 Å². The topological polar surface area (TPSA) is 78.4 Å². The molecule has 92 valence electrons. The zero-order chi connectivity index (χ0) is 12.7. The maximum absolute atomic E-state index is 11.4. The highest BCUT2D eigenvalue weighted by molar-refractivity contribution is 6.30. The summed E-state index contributed by atoms with van der Waals surface area (Å²) >= 11 is 5.75. The van der Waals surface area contributed by atoms with Crippen molar-refractivity contribution < 1.29 is 14.7 Å². The average molecular weight is 257 g/mol. The molecule has 17 heavy (non-hydrogen) atoms. The molecule has 0 heterocycles. The van der Waals surface area contributed by atoms with Gasteiger partial charge in [0.05, 0.1) is 0 Å². The van der Waals surface area contributed by atoms with Crippen LogP contribution in [0.5, 0.6) is 0 Å². The lowest BCUT2D eigenvalue weighted by Gasteiger charge is -2.07. The number of hydrogen-bond acceptors (Lipinski definition) is 2. The second-order valence-electron chi connectivity index (χ2n) is 3.39. The first-order valence-electron chi connectivity index (χ1n) is 5.10. The van der Waals surface area contributed by atoms with Gasteiger partial charge in [0.15, 0.2) is 0 Å². The third-order valence-electron chi connectivity index (χ3n) is 1.94. The third kappa shape index (κ3) is 5.77. The molecule has 2 amide bonds. The first kappa shape index (κ1) is 13.3. The average Bonchev–Trinajstić information content (AvgIpc) is 2.24. The second kappa shape index (κ2) is 6.75. The molecule has 0 atom stereocenters. The molecule has 3 N–H and O–H groups in total. The van der Waals surface area contributed by atoms with Gasteiger partial charge in [0.25, 0.3) is 0 Å². The molecule has 0 fully saturated rings. The Balaban J connectivity index is 2.27. The van der Waals surface area contributed by atoms with E-state index in [2.05, 4.69) is 10.6 Å². The number of nitrogens with one attached hydrogen (secondary N) is 2. The van der Waals surface area contributed by atoms with Crippen molar-refractivity contribution in [3.63, 3.8) is 0 Å². The van der Waals surface area contributed by atoms with Crippen molar-refractivity contribution >= 4 is 29.3 Å². The van der Waals surface area contributed by atoms with Crippen molar-refractivity contribution in [2.75, 3.05) is 11.9 Å². The van der Waals surface area contributed by atoms with E-state index in [1.165, 1.54) is 0 Å². The lowest BCUT2D eigenvalue weighted by atomic mass is 10.3. The molecule has 0 unspecified atom stereocenters. The summed E-state index contributed by atoms with van der Waals surface area (Å²) in [6, 6.07) is 6.39. The number of carbonyl (C=O) groups is 2. The van der Waals surface area contributed by atoms with Gasteiger partial charge in [0, 0.05) is 23.7 Å². The Morgan fingerprint density at radius 3 is 2.76 bits per heavy atom. The van der Waals surface area contributed by atoms with Crippen molar-refractivity contribution in [3.05, 3.63) is 29.3 Å². The van der Waals surface area contributed by atoms with E-state index in [0.717, 1.165) is 0 Å². The maximum Gasteiger partial charge on any atom is 0.319 e. The molecular weight excluding hydrogens is 244 g/mol. The highest BCUT2D eigenvalue weighted by atomic mass is 35.5. The lowest BCUT2D eigenvalue weighted by Crippen LogP contribution is -2.29. The predicted molar refractivity (Wildman–Crippen MR) is 65.3 cm³/mol. The first-order valence-corrected chi connectivity index (χ1v) is 5.48. The number of anilines is 1. The van der Waals surface area contributed by atoms with E-state index in [-0.39, 0.29) is 12.5 Å². The van der Waals surface area contributed by atoms with Crippen LogP contribution in [0.4, 0.5) is 10.5 Å². The normalized spacial score (nSPS) is 9.71. The second-order valence-corrected chi connectivity index (χ2v) is 3.82. The number of urea groups is 1. The predicted octanol–water partition coefficient (Wildman–Crippen LogP) is 2.33. The SMILES string of the molecule is O=C(O)CCCNC(=O)Nc1cccc(Cl)c1. The Morgan fingerprint density at radius 2 is 2.12 bits per heavy atom. The number of hydrogen-bond donors (Lipinski definition) is 3. The number of amides is 2. The smallest absolute Gasteiger partial charge is 0.319 e. The Kier molecular flexibility index (Phi) is 5.29. The van der Waals surface area contributed by atoms with Gasteiger partial charge in [-0.1, -0.05) is 17.7 Å². The molecule has 0 aliphatic heterocycles. The molecule has 5 nitrogen and oxygen atoms in total. The molecule has 0 aliphatic rings. The summed E-state index contributed by atoms with van der Waals surface area (Å²) in [5, 5.41) is 14.1. The quantitative estimate of drug-likeness (QED) is 0.708. The number of carboxylic acids is 1. The van der Waals surface area contributed by atoms with Crippen LogP contribution >= 0.6 is 11.6 Å². The van der Waals surface area contributed by atoms with Gasteiger partial charge < -0.3 is 15.7 Å². The van der Waals surface area contributed by atoms with Gasteiger partial charge in [0.2, 0.25) is 0 Å². The summed E-state index contributed by atoms with van der Waals surface area (Å²) < 4.78 is 0. The fourth-order valence-electron chi connectivity index (χ4n) is 1.18. The van der Waals surface area contributed by atoms with Crippen LogP contribution in [-0.4, -0.2) is 23.7 Å². The molecule has 0 aromatic heterocycles. The summed E-state index contributed by atoms with van der Waals surface area (Å²) in [4.78, 5) is 21.6. The van der Waals surface area contributed by atoms with Crippen molar-refractivity contribution in [1.29, 1.82) is 0 Å². The zero-order valence-corrected chi connectivity index (χ0v) is 9.83. The van der Waals surface area contributed by atoms with Gasteiger partial charge in [-0.2, -0.15) is 0 Å².